The van der Waals surface area contributed by atoms with E-state index in [2.05, 4.69) is 25.9 Å². The Labute approximate surface area is 122 Å². The highest BCUT2D eigenvalue weighted by Crippen LogP contribution is 2.25. The van der Waals surface area contributed by atoms with Crippen LogP contribution in [0.25, 0.3) is 0 Å². The molecule has 0 fully saturated rings. The maximum atomic E-state index is 5.86. The van der Waals surface area contributed by atoms with E-state index in [1.807, 2.05) is 12.1 Å². The van der Waals surface area contributed by atoms with Crippen LogP contribution in [0.2, 0.25) is 0 Å². The molecule has 1 aromatic carbocycles. The third-order valence-corrected chi connectivity index (χ3v) is 3.47. The van der Waals surface area contributed by atoms with Crippen molar-refractivity contribution in [3.05, 3.63) is 29.3 Å². The van der Waals surface area contributed by atoms with Crippen LogP contribution in [0.3, 0.4) is 0 Å². The van der Waals surface area contributed by atoms with Crippen molar-refractivity contribution < 1.29 is 9.47 Å². The summed E-state index contributed by atoms with van der Waals surface area (Å²) >= 11 is 0. The van der Waals surface area contributed by atoms with Crippen LogP contribution < -0.4 is 20.1 Å². The highest BCUT2D eigenvalue weighted by molar-refractivity contribution is 5.48. The van der Waals surface area contributed by atoms with Crippen LogP contribution in [-0.4, -0.2) is 35.7 Å². The van der Waals surface area contributed by atoms with Crippen molar-refractivity contribution >= 4 is 11.6 Å². The van der Waals surface area contributed by atoms with Crippen LogP contribution in [0.15, 0.2) is 18.2 Å². The molecular formula is C14H17N5O2. The first kappa shape index (κ1) is 13.4. The maximum absolute atomic E-state index is 5.86. The summed E-state index contributed by atoms with van der Waals surface area (Å²) in [7, 11) is 3.04. The normalized spacial score (nSPS) is 13.7. The van der Waals surface area contributed by atoms with Gasteiger partial charge in [0.1, 0.15) is 0 Å². The zero-order valence-corrected chi connectivity index (χ0v) is 12.0. The maximum Gasteiger partial charge on any atom is 0.324 e. The fourth-order valence-electron chi connectivity index (χ4n) is 2.40. The molecule has 1 aliphatic rings. The molecular weight excluding hydrogens is 270 g/mol. The zero-order chi connectivity index (χ0) is 14.8. The molecule has 7 nitrogen and oxygen atoms in total. The van der Waals surface area contributed by atoms with Crippen molar-refractivity contribution in [2.75, 3.05) is 31.4 Å². The van der Waals surface area contributed by atoms with E-state index in [-0.39, 0.29) is 12.0 Å². The lowest BCUT2D eigenvalue weighted by Gasteiger charge is -2.29. The van der Waals surface area contributed by atoms with E-state index < -0.39 is 0 Å². The quantitative estimate of drug-likeness (QED) is 0.844. The first-order chi connectivity index (χ1) is 10.2. The molecule has 0 radical (unpaired) electrons. The van der Waals surface area contributed by atoms with Crippen LogP contribution in [0.4, 0.5) is 11.6 Å². The number of anilines is 2. The minimum atomic E-state index is 0.246. The molecule has 1 aliphatic heterocycles. The molecule has 0 spiro atoms. The van der Waals surface area contributed by atoms with Gasteiger partial charge in [0, 0.05) is 18.8 Å². The van der Waals surface area contributed by atoms with Gasteiger partial charge < -0.3 is 20.1 Å². The SMILES string of the molecule is COc1nc(OC)nc(N2CCc3ccc(N)cc3C2)n1. The van der Waals surface area contributed by atoms with Crippen LogP contribution in [0.1, 0.15) is 11.1 Å². The van der Waals surface area contributed by atoms with E-state index in [0.717, 1.165) is 18.7 Å². The first-order valence-electron chi connectivity index (χ1n) is 6.66. The van der Waals surface area contributed by atoms with Gasteiger partial charge in [0.25, 0.3) is 0 Å². The van der Waals surface area contributed by atoms with Crippen molar-refractivity contribution in [3.63, 3.8) is 0 Å². The molecule has 7 heteroatoms. The molecule has 0 unspecified atom stereocenters. The number of nitrogen functional groups attached to an aromatic ring is 1. The third kappa shape index (κ3) is 2.67. The lowest BCUT2D eigenvalue weighted by atomic mass is 9.99. The van der Waals surface area contributed by atoms with Gasteiger partial charge in [0.05, 0.1) is 14.2 Å². The summed E-state index contributed by atoms with van der Waals surface area (Å²) in [5.74, 6) is 0.548. The van der Waals surface area contributed by atoms with E-state index in [4.69, 9.17) is 15.2 Å². The molecule has 2 heterocycles. The fourth-order valence-corrected chi connectivity index (χ4v) is 2.40. The predicted octanol–water partition coefficient (Wildman–Crippen LogP) is 1.03. The number of hydrogen-bond acceptors (Lipinski definition) is 7. The van der Waals surface area contributed by atoms with Gasteiger partial charge >= 0.3 is 12.0 Å². The average molecular weight is 287 g/mol. The van der Waals surface area contributed by atoms with Crippen molar-refractivity contribution in [1.82, 2.24) is 15.0 Å². The average Bonchev–Trinajstić information content (AvgIpc) is 2.53. The Kier molecular flexibility index (Phi) is 3.47. The lowest BCUT2D eigenvalue weighted by Crippen LogP contribution is -2.32. The molecule has 0 atom stereocenters. The molecule has 0 saturated carbocycles. The standard InChI is InChI=1S/C14H17N5O2/c1-20-13-16-12(17-14(18-13)21-2)19-6-5-9-3-4-11(15)7-10(9)8-19/h3-4,7H,5-6,8,15H2,1-2H3. The molecule has 1 aromatic heterocycles. The second-order valence-corrected chi connectivity index (χ2v) is 4.81. The van der Waals surface area contributed by atoms with Crippen molar-refractivity contribution in [2.24, 2.45) is 0 Å². The molecule has 2 N–H and O–H groups in total. The monoisotopic (exact) mass is 287 g/mol. The third-order valence-electron chi connectivity index (χ3n) is 3.47. The van der Waals surface area contributed by atoms with Gasteiger partial charge in [-0.3, -0.25) is 0 Å². The summed E-state index contributed by atoms with van der Waals surface area (Å²) in [6.45, 7) is 1.53. The van der Waals surface area contributed by atoms with Crippen LogP contribution >= 0.6 is 0 Å². The summed E-state index contributed by atoms with van der Waals surface area (Å²) in [4.78, 5) is 14.7. The smallest absolute Gasteiger partial charge is 0.324 e. The van der Waals surface area contributed by atoms with E-state index in [0.29, 0.717) is 12.5 Å². The number of fused-ring (bicyclic) bond motifs is 1. The number of methoxy groups -OCH3 is 2. The highest BCUT2D eigenvalue weighted by Gasteiger charge is 2.20. The number of benzene rings is 1. The minimum Gasteiger partial charge on any atom is -0.467 e. The fraction of sp³-hybridized carbons (Fsp3) is 0.357. The van der Waals surface area contributed by atoms with Gasteiger partial charge in [-0.25, -0.2) is 0 Å². The number of nitrogens with zero attached hydrogens (tertiary/aromatic N) is 4. The Balaban J connectivity index is 1.92. The van der Waals surface area contributed by atoms with E-state index in [9.17, 15) is 0 Å². The van der Waals surface area contributed by atoms with Crippen molar-refractivity contribution in [3.8, 4) is 12.0 Å². The van der Waals surface area contributed by atoms with Gasteiger partial charge in [0.15, 0.2) is 0 Å². The largest absolute Gasteiger partial charge is 0.467 e. The van der Waals surface area contributed by atoms with E-state index in [1.165, 1.54) is 25.3 Å². The van der Waals surface area contributed by atoms with Gasteiger partial charge in [-0.2, -0.15) is 9.97 Å². The minimum absolute atomic E-state index is 0.246. The predicted molar refractivity (Wildman–Crippen MR) is 78.5 cm³/mol. The Bertz CT molecular complexity index is 640. The molecule has 0 saturated heterocycles. The lowest BCUT2D eigenvalue weighted by molar-refractivity contribution is 0.339. The van der Waals surface area contributed by atoms with Crippen LogP contribution in [-0.2, 0) is 13.0 Å². The van der Waals surface area contributed by atoms with Gasteiger partial charge in [-0.05, 0) is 29.7 Å². The van der Waals surface area contributed by atoms with E-state index >= 15 is 0 Å². The molecule has 110 valence electrons. The topological polar surface area (TPSA) is 86.4 Å². The number of hydrogen-bond donors (Lipinski definition) is 1. The molecule has 2 aromatic rings. The second kappa shape index (κ2) is 5.43. The summed E-state index contributed by atoms with van der Waals surface area (Å²) in [6.07, 6.45) is 0.923. The molecule has 0 amide bonds. The van der Waals surface area contributed by atoms with Gasteiger partial charge in [0.2, 0.25) is 5.95 Å². The van der Waals surface area contributed by atoms with E-state index in [1.54, 1.807) is 0 Å². The first-order valence-corrected chi connectivity index (χ1v) is 6.66. The number of rotatable bonds is 3. The molecule has 0 bridgehead atoms. The van der Waals surface area contributed by atoms with Crippen LogP contribution in [0.5, 0.6) is 12.0 Å². The highest BCUT2D eigenvalue weighted by atomic mass is 16.5. The summed E-state index contributed by atoms with van der Waals surface area (Å²) < 4.78 is 10.2. The molecule has 0 aliphatic carbocycles. The zero-order valence-electron chi connectivity index (χ0n) is 12.0. The summed E-state index contributed by atoms with van der Waals surface area (Å²) in [5, 5.41) is 0. The number of ether oxygens (including phenoxy) is 2. The van der Waals surface area contributed by atoms with Crippen molar-refractivity contribution in [2.45, 2.75) is 13.0 Å². The number of aromatic nitrogens is 3. The van der Waals surface area contributed by atoms with Crippen molar-refractivity contribution in [1.29, 1.82) is 0 Å². The summed E-state index contributed by atoms with van der Waals surface area (Å²) in [5.41, 5.74) is 9.13. The van der Waals surface area contributed by atoms with Crippen LogP contribution in [0, 0.1) is 0 Å². The van der Waals surface area contributed by atoms with Gasteiger partial charge in [-0.1, -0.05) is 6.07 Å². The second-order valence-electron chi connectivity index (χ2n) is 4.81. The summed E-state index contributed by atoms with van der Waals surface area (Å²) in [6, 6.07) is 6.50. The Morgan fingerprint density at radius 1 is 1.05 bits per heavy atom. The van der Waals surface area contributed by atoms with Gasteiger partial charge in [-0.15, -0.1) is 4.98 Å². The Morgan fingerprint density at radius 2 is 1.76 bits per heavy atom. The molecule has 3 rings (SSSR count). The Hall–Kier alpha value is -2.57. The number of nitrogens with two attached hydrogens (primary N) is 1. The Morgan fingerprint density at radius 3 is 2.43 bits per heavy atom. The molecule has 21 heavy (non-hydrogen) atoms.